The van der Waals surface area contributed by atoms with E-state index in [4.69, 9.17) is 26.1 Å². The molecule has 1 aromatic rings. The predicted molar refractivity (Wildman–Crippen MR) is 96.1 cm³/mol. The molecule has 1 aromatic carbocycles. The Morgan fingerprint density at radius 3 is 2.54 bits per heavy atom. The Morgan fingerprint density at radius 1 is 1.31 bits per heavy atom. The van der Waals surface area contributed by atoms with Crippen LogP contribution in [0.15, 0.2) is 40.5 Å². The van der Waals surface area contributed by atoms with Gasteiger partial charge in [0.05, 0.1) is 23.7 Å². The number of benzene rings is 1. The molecule has 0 radical (unpaired) electrons. The van der Waals surface area contributed by atoms with Gasteiger partial charge >= 0.3 is 0 Å². The van der Waals surface area contributed by atoms with Gasteiger partial charge in [-0.25, -0.2) is 8.42 Å². The average Bonchev–Trinajstić information content (AvgIpc) is 2.91. The highest BCUT2D eigenvalue weighted by atomic mass is 35.5. The normalized spacial score (nSPS) is 18.5. The van der Waals surface area contributed by atoms with E-state index in [-0.39, 0.29) is 28.6 Å². The van der Waals surface area contributed by atoms with Gasteiger partial charge in [0.15, 0.2) is 21.8 Å². The number of hydrogen-bond donors (Lipinski definition) is 0. The molecule has 9 heteroatoms. The molecule has 0 aliphatic carbocycles. The van der Waals surface area contributed by atoms with Gasteiger partial charge < -0.3 is 14.3 Å². The van der Waals surface area contributed by atoms with Crippen LogP contribution in [0.5, 0.6) is 0 Å². The zero-order valence-corrected chi connectivity index (χ0v) is 16.6. The number of Topliss-reactive ketones (excluding diaryl/α,β-unsaturated/α-hetero) is 1. The third kappa shape index (κ3) is 4.44. The highest BCUT2D eigenvalue weighted by Gasteiger charge is 2.41. The minimum atomic E-state index is -3.59. The van der Waals surface area contributed by atoms with Gasteiger partial charge in [-0.05, 0) is 16.7 Å². The largest absolute Gasteiger partial charge is 0.391 e. The maximum atomic E-state index is 13.2. The van der Waals surface area contributed by atoms with E-state index in [2.05, 4.69) is 0 Å². The Morgan fingerprint density at radius 2 is 1.96 bits per heavy atom. The third-order valence-corrected chi connectivity index (χ3v) is 5.15. The second-order valence-corrected chi connectivity index (χ2v) is 8.43. The summed E-state index contributed by atoms with van der Waals surface area (Å²) in [6, 6.07) is 6.03. The number of ketones is 1. The lowest BCUT2D eigenvalue weighted by atomic mass is 9.97. The Kier molecular flexibility index (Phi) is 6.81. The number of hydrogen-bond acceptors (Lipinski definition) is 7. The van der Waals surface area contributed by atoms with E-state index in [1.807, 2.05) is 13.8 Å². The molecule has 1 heterocycles. The quantitative estimate of drug-likeness (QED) is 0.374. The smallest absolute Gasteiger partial charge is 0.197 e. The summed E-state index contributed by atoms with van der Waals surface area (Å²) in [6.45, 7) is 4.17. The summed E-state index contributed by atoms with van der Waals surface area (Å²) in [5.41, 5.74) is 0.237. The lowest BCUT2D eigenvalue weighted by Crippen LogP contribution is -2.30. The zero-order valence-electron chi connectivity index (χ0n) is 15.1. The standard InChI is InChI=1S/C17H22ClNO6S/c1-11(2)16-14(17(19(18)25-16)24-10-9-23-3)15(20)12-7-5-6-8-13(12)26(4,21)22/h5-8,11,17H,9-10H2,1-4H3. The maximum Gasteiger partial charge on any atom is 0.197 e. The van der Waals surface area contributed by atoms with Crippen LogP contribution in [0.3, 0.4) is 0 Å². The number of rotatable bonds is 8. The van der Waals surface area contributed by atoms with Crippen LogP contribution in [0, 0.1) is 5.92 Å². The molecule has 144 valence electrons. The number of allylic oxidation sites excluding steroid dienone is 1. The van der Waals surface area contributed by atoms with Crippen LogP contribution in [-0.4, -0.2) is 51.6 Å². The highest BCUT2D eigenvalue weighted by Crippen LogP contribution is 2.36. The van der Waals surface area contributed by atoms with Gasteiger partial charge in [-0.15, -0.1) is 0 Å². The van der Waals surface area contributed by atoms with Crippen LogP contribution < -0.4 is 0 Å². The first-order valence-corrected chi connectivity index (χ1v) is 10.2. The van der Waals surface area contributed by atoms with E-state index in [9.17, 15) is 13.2 Å². The summed E-state index contributed by atoms with van der Waals surface area (Å²) in [5.74, 6) is -0.312. The number of nitrogens with zero attached hydrogens (tertiary/aromatic N) is 1. The van der Waals surface area contributed by atoms with Crippen molar-refractivity contribution in [2.45, 2.75) is 25.0 Å². The molecular weight excluding hydrogens is 382 g/mol. The van der Waals surface area contributed by atoms with E-state index in [0.29, 0.717) is 12.4 Å². The Labute approximate surface area is 158 Å². The molecule has 1 unspecified atom stereocenters. The van der Waals surface area contributed by atoms with Crippen molar-refractivity contribution in [3.05, 3.63) is 41.2 Å². The number of hydroxylamine groups is 1. The molecule has 0 saturated heterocycles. The molecule has 0 amide bonds. The number of carbonyl (C=O) groups is 1. The molecule has 1 aliphatic rings. The van der Waals surface area contributed by atoms with E-state index in [0.717, 1.165) is 10.8 Å². The van der Waals surface area contributed by atoms with Crippen molar-refractivity contribution in [1.82, 2.24) is 4.58 Å². The van der Waals surface area contributed by atoms with Crippen molar-refractivity contribution in [2.24, 2.45) is 5.92 Å². The van der Waals surface area contributed by atoms with Crippen LogP contribution in [0.25, 0.3) is 0 Å². The van der Waals surface area contributed by atoms with Crippen LogP contribution in [0.2, 0.25) is 0 Å². The summed E-state index contributed by atoms with van der Waals surface area (Å²) in [5, 5.41) is 0. The van der Waals surface area contributed by atoms with E-state index in [1.165, 1.54) is 19.2 Å². The average molecular weight is 404 g/mol. The predicted octanol–water partition coefficient (Wildman–Crippen LogP) is 2.57. The molecule has 0 fully saturated rings. The molecule has 1 aliphatic heterocycles. The van der Waals surface area contributed by atoms with Crippen molar-refractivity contribution in [1.29, 1.82) is 0 Å². The fourth-order valence-electron chi connectivity index (χ4n) is 2.56. The summed E-state index contributed by atoms with van der Waals surface area (Å²) >= 11 is 6.09. The van der Waals surface area contributed by atoms with Crippen molar-refractivity contribution >= 4 is 27.4 Å². The summed E-state index contributed by atoms with van der Waals surface area (Å²) in [7, 11) is -2.06. The van der Waals surface area contributed by atoms with Crippen molar-refractivity contribution in [3.8, 4) is 0 Å². The lowest BCUT2D eigenvalue weighted by Gasteiger charge is -2.18. The lowest BCUT2D eigenvalue weighted by molar-refractivity contribution is -0.131. The monoisotopic (exact) mass is 403 g/mol. The molecule has 0 saturated carbocycles. The molecule has 0 bridgehead atoms. The van der Waals surface area contributed by atoms with Gasteiger partial charge in [0, 0.05) is 36.6 Å². The Bertz CT molecular complexity index is 805. The van der Waals surface area contributed by atoms with Gasteiger partial charge in [0.25, 0.3) is 0 Å². The molecule has 26 heavy (non-hydrogen) atoms. The van der Waals surface area contributed by atoms with E-state index < -0.39 is 21.8 Å². The fourth-order valence-corrected chi connectivity index (χ4v) is 3.68. The molecule has 0 aromatic heterocycles. The zero-order chi connectivity index (χ0) is 19.5. The van der Waals surface area contributed by atoms with Crippen molar-refractivity contribution in [3.63, 3.8) is 0 Å². The van der Waals surface area contributed by atoms with Crippen LogP contribution in [0.4, 0.5) is 0 Å². The minimum Gasteiger partial charge on any atom is -0.391 e. The van der Waals surface area contributed by atoms with Gasteiger partial charge in [-0.2, -0.15) is 0 Å². The molecule has 2 rings (SSSR count). The first-order valence-electron chi connectivity index (χ1n) is 7.99. The van der Waals surface area contributed by atoms with E-state index >= 15 is 0 Å². The van der Waals surface area contributed by atoms with Gasteiger partial charge in [0.2, 0.25) is 0 Å². The van der Waals surface area contributed by atoms with Gasteiger partial charge in [-0.3, -0.25) is 4.79 Å². The molecule has 7 nitrogen and oxygen atoms in total. The van der Waals surface area contributed by atoms with Gasteiger partial charge in [-0.1, -0.05) is 26.0 Å². The maximum absolute atomic E-state index is 13.2. The first kappa shape index (κ1) is 20.9. The second kappa shape index (κ2) is 8.49. The summed E-state index contributed by atoms with van der Waals surface area (Å²) in [6.07, 6.45) is 0.0897. The van der Waals surface area contributed by atoms with Crippen LogP contribution >= 0.6 is 11.8 Å². The van der Waals surface area contributed by atoms with E-state index in [1.54, 1.807) is 12.1 Å². The van der Waals surface area contributed by atoms with Crippen molar-refractivity contribution in [2.75, 3.05) is 26.6 Å². The number of halogens is 1. The minimum absolute atomic E-state index is 0.0516. The SMILES string of the molecule is COCCOC1C(C(=O)c2ccccc2S(C)(=O)=O)=C(C(C)C)ON1Cl. The highest BCUT2D eigenvalue weighted by molar-refractivity contribution is 7.90. The number of methoxy groups -OCH3 is 1. The third-order valence-electron chi connectivity index (χ3n) is 3.75. The van der Waals surface area contributed by atoms with Gasteiger partial charge in [0.1, 0.15) is 5.76 Å². The topological polar surface area (TPSA) is 82.1 Å². The summed E-state index contributed by atoms with van der Waals surface area (Å²) in [4.78, 5) is 18.7. The number of ether oxygens (including phenoxy) is 2. The summed E-state index contributed by atoms with van der Waals surface area (Å²) < 4.78 is 35.6. The van der Waals surface area contributed by atoms with Crippen molar-refractivity contribution < 1.29 is 27.5 Å². The first-order chi connectivity index (χ1) is 12.2. The number of sulfone groups is 1. The number of carbonyl (C=O) groups excluding carboxylic acids is 1. The Hall–Kier alpha value is -1.45. The fraction of sp³-hybridized carbons (Fsp3) is 0.471. The second-order valence-electron chi connectivity index (χ2n) is 6.11. The molecule has 0 spiro atoms. The molecule has 1 atom stereocenters. The van der Waals surface area contributed by atoms with Crippen LogP contribution in [-0.2, 0) is 24.1 Å². The molecular formula is C17H22ClNO6S. The Balaban J connectivity index is 2.51. The van der Waals surface area contributed by atoms with Crippen LogP contribution in [0.1, 0.15) is 24.2 Å². The molecule has 0 N–H and O–H groups in total.